The van der Waals surface area contributed by atoms with Gasteiger partial charge in [-0.2, -0.15) is 4.72 Å². The van der Waals surface area contributed by atoms with E-state index in [0.717, 1.165) is 16.7 Å². The molecule has 1 atom stereocenters. The number of sulfonamides is 1. The Labute approximate surface area is 171 Å². The van der Waals surface area contributed by atoms with Crippen LogP contribution in [-0.4, -0.2) is 20.4 Å². The maximum atomic E-state index is 12.9. The molecule has 3 aromatic rings. The zero-order valence-electron chi connectivity index (χ0n) is 16.2. The van der Waals surface area contributed by atoms with Crippen molar-refractivity contribution in [1.29, 1.82) is 0 Å². The van der Waals surface area contributed by atoms with Gasteiger partial charge in [0.15, 0.2) is 0 Å². The zero-order valence-corrected chi connectivity index (χ0v) is 17.0. The third kappa shape index (κ3) is 6.01. The number of nitrogens with one attached hydrogen (secondary N) is 2. The highest BCUT2D eigenvalue weighted by molar-refractivity contribution is 7.89. The Morgan fingerprint density at radius 3 is 2.03 bits per heavy atom. The second kappa shape index (κ2) is 9.49. The lowest BCUT2D eigenvalue weighted by atomic mass is 10.1. The molecule has 0 aliphatic heterocycles. The predicted molar refractivity (Wildman–Crippen MR) is 114 cm³/mol. The van der Waals surface area contributed by atoms with Crippen LogP contribution >= 0.6 is 0 Å². The minimum absolute atomic E-state index is 0.129. The molecule has 3 rings (SSSR count). The molecular weight excluding hydrogens is 384 g/mol. The standard InChI is InChI=1S/C23H24N2O3S/c1-18-12-14-20(15-13-18)17-24-23(26)22(16-19-8-4-2-5-9-19)25-29(27,28)21-10-6-3-7-11-21/h2-15,22,25H,16-17H2,1H3,(H,24,26)/t22-/m1/s1. The van der Waals surface area contributed by atoms with E-state index >= 15 is 0 Å². The minimum Gasteiger partial charge on any atom is -0.351 e. The van der Waals surface area contributed by atoms with E-state index in [-0.39, 0.29) is 17.2 Å². The van der Waals surface area contributed by atoms with Gasteiger partial charge in [0.05, 0.1) is 4.90 Å². The lowest BCUT2D eigenvalue weighted by Crippen LogP contribution is -2.47. The first-order chi connectivity index (χ1) is 13.9. The van der Waals surface area contributed by atoms with Crippen molar-refractivity contribution < 1.29 is 13.2 Å². The summed E-state index contributed by atoms with van der Waals surface area (Å²) in [5, 5.41) is 2.85. The summed E-state index contributed by atoms with van der Waals surface area (Å²) in [5.41, 5.74) is 2.96. The molecule has 0 aromatic heterocycles. The molecule has 6 heteroatoms. The first-order valence-corrected chi connectivity index (χ1v) is 10.9. The monoisotopic (exact) mass is 408 g/mol. The third-order valence-electron chi connectivity index (χ3n) is 4.54. The van der Waals surface area contributed by atoms with Crippen LogP contribution in [0.5, 0.6) is 0 Å². The number of carbonyl (C=O) groups excluding carboxylic acids is 1. The van der Waals surface area contributed by atoms with E-state index in [0.29, 0.717) is 6.54 Å². The van der Waals surface area contributed by atoms with Crippen LogP contribution in [0, 0.1) is 6.92 Å². The highest BCUT2D eigenvalue weighted by atomic mass is 32.2. The fourth-order valence-electron chi connectivity index (χ4n) is 2.91. The number of hydrogen-bond donors (Lipinski definition) is 2. The predicted octanol–water partition coefficient (Wildman–Crippen LogP) is 3.20. The summed E-state index contributed by atoms with van der Waals surface area (Å²) in [6.45, 7) is 2.33. The Bertz CT molecular complexity index is 1030. The fourth-order valence-corrected chi connectivity index (χ4v) is 4.13. The summed E-state index contributed by atoms with van der Waals surface area (Å²) < 4.78 is 28.1. The van der Waals surface area contributed by atoms with Crippen molar-refractivity contribution in [1.82, 2.24) is 10.0 Å². The summed E-state index contributed by atoms with van der Waals surface area (Å²) in [7, 11) is -3.82. The van der Waals surface area contributed by atoms with Gasteiger partial charge in [0, 0.05) is 6.54 Å². The molecule has 1 amide bonds. The van der Waals surface area contributed by atoms with Crippen molar-refractivity contribution in [2.45, 2.75) is 30.8 Å². The van der Waals surface area contributed by atoms with Crippen molar-refractivity contribution in [2.24, 2.45) is 0 Å². The van der Waals surface area contributed by atoms with Gasteiger partial charge >= 0.3 is 0 Å². The molecule has 0 aliphatic carbocycles. The Morgan fingerprint density at radius 1 is 0.828 bits per heavy atom. The van der Waals surface area contributed by atoms with Gasteiger partial charge < -0.3 is 5.32 Å². The van der Waals surface area contributed by atoms with E-state index in [2.05, 4.69) is 10.0 Å². The number of carbonyl (C=O) groups is 1. The number of benzene rings is 3. The quantitative estimate of drug-likeness (QED) is 0.601. The Morgan fingerprint density at radius 2 is 1.41 bits per heavy atom. The van der Waals surface area contributed by atoms with E-state index in [1.807, 2.05) is 61.5 Å². The second-order valence-electron chi connectivity index (χ2n) is 6.88. The normalized spacial score (nSPS) is 12.3. The molecule has 0 bridgehead atoms. The molecule has 0 fully saturated rings. The van der Waals surface area contributed by atoms with Crippen molar-refractivity contribution >= 4 is 15.9 Å². The van der Waals surface area contributed by atoms with Crippen LogP contribution in [0.15, 0.2) is 89.8 Å². The Hall–Kier alpha value is -2.96. The maximum absolute atomic E-state index is 12.9. The molecule has 0 unspecified atom stereocenters. The fraction of sp³-hybridized carbons (Fsp3) is 0.174. The zero-order chi connectivity index (χ0) is 20.7. The minimum atomic E-state index is -3.82. The van der Waals surface area contributed by atoms with Crippen LogP contribution in [0.4, 0.5) is 0 Å². The topological polar surface area (TPSA) is 75.3 Å². The largest absolute Gasteiger partial charge is 0.351 e. The van der Waals surface area contributed by atoms with Gasteiger partial charge in [0.25, 0.3) is 0 Å². The van der Waals surface area contributed by atoms with Gasteiger partial charge in [0.1, 0.15) is 6.04 Å². The number of hydrogen-bond acceptors (Lipinski definition) is 3. The summed E-state index contributed by atoms with van der Waals surface area (Å²) in [5.74, 6) is -0.367. The van der Waals surface area contributed by atoms with E-state index in [9.17, 15) is 13.2 Å². The van der Waals surface area contributed by atoms with Gasteiger partial charge in [-0.15, -0.1) is 0 Å². The van der Waals surface area contributed by atoms with Crippen molar-refractivity contribution in [2.75, 3.05) is 0 Å². The smallest absolute Gasteiger partial charge is 0.241 e. The first kappa shape index (κ1) is 20.8. The summed E-state index contributed by atoms with van der Waals surface area (Å²) >= 11 is 0. The van der Waals surface area contributed by atoms with Crippen LogP contribution in [0.1, 0.15) is 16.7 Å². The molecule has 0 spiro atoms. The summed E-state index contributed by atoms with van der Waals surface area (Å²) in [6.07, 6.45) is 0.257. The first-order valence-electron chi connectivity index (χ1n) is 9.38. The highest BCUT2D eigenvalue weighted by Crippen LogP contribution is 2.11. The third-order valence-corrected chi connectivity index (χ3v) is 6.02. The van der Waals surface area contributed by atoms with Gasteiger partial charge in [-0.1, -0.05) is 78.4 Å². The van der Waals surface area contributed by atoms with Crippen molar-refractivity contribution in [3.05, 3.63) is 102 Å². The Balaban J connectivity index is 1.76. The van der Waals surface area contributed by atoms with Gasteiger partial charge in [0.2, 0.25) is 15.9 Å². The molecule has 29 heavy (non-hydrogen) atoms. The molecule has 0 saturated carbocycles. The van der Waals surface area contributed by atoms with Crippen LogP contribution in [0.3, 0.4) is 0 Å². The van der Waals surface area contributed by atoms with Crippen molar-refractivity contribution in [3.8, 4) is 0 Å². The molecule has 0 radical (unpaired) electrons. The van der Waals surface area contributed by atoms with Crippen LogP contribution in [-0.2, 0) is 27.8 Å². The SMILES string of the molecule is Cc1ccc(CNC(=O)[C@@H](Cc2ccccc2)NS(=O)(=O)c2ccccc2)cc1. The number of rotatable bonds is 8. The molecule has 0 aliphatic rings. The van der Waals surface area contributed by atoms with Gasteiger partial charge in [-0.25, -0.2) is 8.42 Å². The van der Waals surface area contributed by atoms with Crippen LogP contribution in [0.2, 0.25) is 0 Å². The second-order valence-corrected chi connectivity index (χ2v) is 8.59. The van der Waals surface area contributed by atoms with E-state index < -0.39 is 16.1 Å². The molecular formula is C23H24N2O3S. The lowest BCUT2D eigenvalue weighted by molar-refractivity contribution is -0.122. The number of amides is 1. The van der Waals surface area contributed by atoms with Crippen LogP contribution < -0.4 is 10.0 Å². The highest BCUT2D eigenvalue weighted by Gasteiger charge is 2.25. The van der Waals surface area contributed by atoms with E-state index in [4.69, 9.17) is 0 Å². The average Bonchev–Trinajstić information content (AvgIpc) is 2.74. The molecule has 150 valence electrons. The summed E-state index contributed by atoms with van der Waals surface area (Å²) in [4.78, 5) is 13.0. The molecule has 3 aromatic carbocycles. The van der Waals surface area contributed by atoms with Gasteiger partial charge in [-0.3, -0.25) is 4.79 Å². The molecule has 0 heterocycles. The average molecular weight is 409 g/mol. The van der Waals surface area contributed by atoms with Crippen molar-refractivity contribution in [3.63, 3.8) is 0 Å². The molecule has 2 N–H and O–H groups in total. The number of aryl methyl sites for hydroxylation is 1. The molecule has 5 nitrogen and oxygen atoms in total. The Kier molecular flexibility index (Phi) is 6.80. The maximum Gasteiger partial charge on any atom is 0.241 e. The van der Waals surface area contributed by atoms with E-state index in [1.54, 1.807) is 18.2 Å². The summed E-state index contributed by atoms with van der Waals surface area (Å²) in [6, 6.07) is 24.3. The molecule has 0 saturated heterocycles. The lowest BCUT2D eigenvalue weighted by Gasteiger charge is -2.19. The van der Waals surface area contributed by atoms with E-state index in [1.165, 1.54) is 12.1 Å². The van der Waals surface area contributed by atoms with Crippen LogP contribution in [0.25, 0.3) is 0 Å². The van der Waals surface area contributed by atoms with Gasteiger partial charge in [-0.05, 0) is 36.6 Å².